The Kier molecular flexibility index (Phi) is 6.19. The first-order valence-corrected chi connectivity index (χ1v) is 8.25. The standard InChI is InChI=1S/C15H17N3O5S/c1-2-16-15(22)17-12(19)8-23-14(21)7-18-10-5-3-4-6-11(10)24-9-13(18)20/h3-6H,2,7-9H2,1H3,(H2,16,17,19,22). The quantitative estimate of drug-likeness (QED) is 0.749. The molecule has 9 heteroatoms. The molecular weight excluding hydrogens is 334 g/mol. The molecule has 1 aromatic carbocycles. The largest absolute Gasteiger partial charge is 0.454 e. The molecule has 0 radical (unpaired) electrons. The van der Waals surface area contributed by atoms with Gasteiger partial charge in [-0.3, -0.25) is 24.6 Å². The maximum Gasteiger partial charge on any atom is 0.326 e. The van der Waals surface area contributed by atoms with Crippen molar-refractivity contribution in [3.05, 3.63) is 24.3 Å². The molecule has 4 amide bonds. The van der Waals surface area contributed by atoms with Gasteiger partial charge in [-0.25, -0.2) is 4.79 Å². The predicted octanol–water partition coefficient (Wildman–Crippen LogP) is 0.514. The van der Waals surface area contributed by atoms with Gasteiger partial charge in [-0.05, 0) is 19.1 Å². The number of carbonyl (C=O) groups is 4. The molecule has 1 aromatic rings. The maximum absolute atomic E-state index is 12.0. The lowest BCUT2D eigenvalue weighted by Crippen LogP contribution is -2.43. The van der Waals surface area contributed by atoms with Crippen molar-refractivity contribution in [2.24, 2.45) is 0 Å². The normalized spacial score (nSPS) is 13.0. The molecule has 2 N–H and O–H groups in total. The summed E-state index contributed by atoms with van der Waals surface area (Å²) in [7, 11) is 0. The van der Waals surface area contributed by atoms with E-state index in [1.165, 1.54) is 16.7 Å². The van der Waals surface area contributed by atoms with Crippen molar-refractivity contribution >= 4 is 41.3 Å². The molecule has 1 aliphatic heterocycles. The van der Waals surface area contributed by atoms with E-state index in [4.69, 9.17) is 4.74 Å². The minimum atomic E-state index is -0.741. The van der Waals surface area contributed by atoms with E-state index in [0.717, 1.165) is 4.90 Å². The number of rotatable bonds is 5. The van der Waals surface area contributed by atoms with E-state index < -0.39 is 24.5 Å². The van der Waals surface area contributed by atoms with Gasteiger partial charge in [0.1, 0.15) is 6.54 Å². The number of hydrogen-bond donors (Lipinski definition) is 2. The number of ether oxygens (including phenoxy) is 1. The lowest BCUT2D eigenvalue weighted by molar-refractivity contribution is -0.147. The Morgan fingerprint density at radius 3 is 2.79 bits per heavy atom. The third-order valence-corrected chi connectivity index (χ3v) is 4.10. The maximum atomic E-state index is 12.0. The van der Waals surface area contributed by atoms with Crippen LogP contribution in [0, 0.1) is 0 Å². The Bertz CT molecular complexity index is 664. The number of esters is 1. The van der Waals surface area contributed by atoms with E-state index in [0.29, 0.717) is 12.2 Å². The summed E-state index contributed by atoms with van der Waals surface area (Å²) < 4.78 is 4.82. The second-order valence-corrected chi connectivity index (χ2v) is 5.82. The second-order valence-electron chi connectivity index (χ2n) is 4.80. The SMILES string of the molecule is CCNC(=O)NC(=O)COC(=O)CN1C(=O)CSc2ccccc21. The van der Waals surface area contributed by atoms with Crippen molar-refractivity contribution in [2.45, 2.75) is 11.8 Å². The van der Waals surface area contributed by atoms with Crippen LogP contribution in [0.2, 0.25) is 0 Å². The van der Waals surface area contributed by atoms with Crippen molar-refractivity contribution in [3.63, 3.8) is 0 Å². The molecule has 24 heavy (non-hydrogen) atoms. The number of urea groups is 1. The number of anilines is 1. The smallest absolute Gasteiger partial charge is 0.326 e. The number of thioether (sulfide) groups is 1. The Balaban J connectivity index is 1.87. The van der Waals surface area contributed by atoms with E-state index in [9.17, 15) is 19.2 Å². The van der Waals surface area contributed by atoms with Gasteiger partial charge in [0.05, 0.1) is 11.4 Å². The van der Waals surface area contributed by atoms with Gasteiger partial charge in [0.2, 0.25) is 5.91 Å². The third kappa shape index (κ3) is 4.72. The van der Waals surface area contributed by atoms with Crippen molar-refractivity contribution in [1.29, 1.82) is 0 Å². The predicted molar refractivity (Wildman–Crippen MR) is 87.7 cm³/mol. The Hall–Kier alpha value is -2.55. The van der Waals surface area contributed by atoms with Gasteiger partial charge in [-0.15, -0.1) is 11.8 Å². The summed E-state index contributed by atoms with van der Waals surface area (Å²) in [5.41, 5.74) is 0.641. The number of nitrogens with one attached hydrogen (secondary N) is 2. The molecule has 1 heterocycles. The second kappa shape index (κ2) is 8.34. The molecule has 0 aliphatic carbocycles. The number of benzene rings is 1. The molecule has 0 spiro atoms. The van der Waals surface area contributed by atoms with Gasteiger partial charge >= 0.3 is 12.0 Å². The number of fused-ring (bicyclic) bond motifs is 1. The van der Waals surface area contributed by atoms with Crippen LogP contribution in [0.25, 0.3) is 0 Å². The molecule has 0 bridgehead atoms. The molecule has 0 aromatic heterocycles. The highest BCUT2D eigenvalue weighted by atomic mass is 32.2. The number of amides is 4. The summed E-state index contributed by atoms with van der Waals surface area (Å²) in [5.74, 6) is -1.43. The molecule has 0 saturated heterocycles. The fourth-order valence-electron chi connectivity index (χ4n) is 2.02. The van der Waals surface area contributed by atoms with E-state index >= 15 is 0 Å². The zero-order chi connectivity index (χ0) is 17.5. The first kappa shape index (κ1) is 17.8. The molecular formula is C15H17N3O5S. The Morgan fingerprint density at radius 2 is 2.04 bits per heavy atom. The van der Waals surface area contributed by atoms with Crippen molar-refractivity contribution < 1.29 is 23.9 Å². The van der Waals surface area contributed by atoms with Crippen LogP contribution < -0.4 is 15.5 Å². The number of hydrogen-bond acceptors (Lipinski definition) is 6. The molecule has 0 saturated carbocycles. The summed E-state index contributed by atoms with van der Waals surface area (Å²) >= 11 is 1.41. The van der Waals surface area contributed by atoms with Gasteiger partial charge in [-0.1, -0.05) is 12.1 Å². The molecule has 128 valence electrons. The van der Waals surface area contributed by atoms with Crippen LogP contribution in [0.5, 0.6) is 0 Å². The lowest BCUT2D eigenvalue weighted by atomic mass is 10.2. The first-order valence-electron chi connectivity index (χ1n) is 7.26. The number of carbonyl (C=O) groups excluding carboxylic acids is 4. The van der Waals surface area contributed by atoms with E-state index in [2.05, 4.69) is 5.32 Å². The highest BCUT2D eigenvalue weighted by molar-refractivity contribution is 8.00. The summed E-state index contributed by atoms with van der Waals surface area (Å²) in [6.45, 7) is 1.20. The zero-order valence-electron chi connectivity index (χ0n) is 13.0. The van der Waals surface area contributed by atoms with Gasteiger partial charge in [0.25, 0.3) is 5.91 Å². The van der Waals surface area contributed by atoms with E-state index in [-0.39, 0.29) is 18.2 Å². The van der Waals surface area contributed by atoms with E-state index in [1.54, 1.807) is 19.1 Å². The van der Waals surface area contributed by atoms with Gasteiger partial charge in [0, 0.05) is 11.4 Å². The van der Waals surface area contributed by atoms with Gasteiger partial charge in [0.15, 0.2) is 6.61 Å². The molecule has 2 rings (SSSR count). The Morgan fingerprint density at radius 1 is 1.29 bits per heavy atom. The van der Waals surface area contributed by atoms with Gasteiger partial charge in [-0.2, -0.15) is 0 Å². The summed E-state index contributed by atoms with van der Waals surface area (Å²) in [6, 6.07) is 6.58. The van der Waals surface area contributed by atoms with Crippen LogP contribution in [-0.4, -0.2) is 49.3 Å². The molecule has 0 atom stereocenters. The van der Waals surface area contributed by atoms with Crippen molar-refractivity contribution in [3.8, 4) is 0 Å². The molecule has 0 fully saturated rings. The van der Waals surface area contributed by atoms with Crippen LogP contribution in [0.1, 0.15) is 6.92 Å². The first-order chi connectivity index (χ1) is 11.5. The summed E-state index contributed by atoms with van der Waals surface area (Å²) in [6.07, 6.45) is 0. The average molecular weight is 351 g/mol. The van der Waals surface area contributed by atoms with Crippen molar-refractivity contribution in [2.75, 3.05) is 30.3 Å². The van der Waals surface area contributed by atoms with Crippen LogP contribution in [0.3, 0.4) is 0 Å². The van der Waals surface area contributed by atoms with Crippen LogP contribution >= 0.6 is 11.8 Å². The minimum absolute atomic E-state index is 0.206. The highest BCUT2D eigenvalue weighted by Gasteiger charge is 2.26. The van der Waals surface area contributed by atoms with Crippen molar-refractivity contribution in [1.82, 2.24) is 10.6 Å². The molecule has 1 aliphatic rings. The number of para-hydroxylation sites is 1. The molecule has 8 nitrogen and oxygen atoms in total. The number of nitrogens with zero attached hydrogens (tertiary/aromatic N) is 1. The average Bonchev–Trinajstić information content (AvgIpc) is 2.56. The zero-order valence-corrected chi connectivity index (χ0v) is 13.9. The fourth-order valence-corrected chi connectivity index (χ4v) is 2.95. The Labute approximate surface area is 142 Å². The molecule has 0 unspecified atom stereocenters. The topological polar surface area (TPSA) is 105 Å². The number of imide groups is 1. The monoisotopic (exact) mass is 351 g/mol. The summed E-state index contributed by atoms with van der Waals surface area (Å²) in [4.78, 5) is 48.7. The van der Waals surface area contributed by atoms with E-state index in [1.807, 2.05) is 17.4 Å². The lowest BCUT2D eigenvalue weighted by Gasteiger charge is -2.27. The third-order valence-electron chi connectivity index (χ3n) is 3.05. The van der Waals surface area contributed by atoms with Crippen LogP contribution in [-0.2, 0) is 19.1 Å². The minimum Gasteiger partial charge on any atom is -0.454 e. The van der Waals surface area contributed by atoms with Gasteiger partial charge < -0.3 is 10.1 Å². The van der Waals surface area contributed by atoms with Crippen LogP contribution in [0.4, 0.5) is 10.5 Å². The highest BCUT2D eigenvalue weighted by Crippen LogP contribution is 2.34. The van der Waals surface area contributed by atoms with Crippen LogP contribution in [0.15, 0.2) is 29.2 Å². The fraction of sp³-hybridized carbons (Fsp3) is 0.333. The summed E-state index contributed by atoms with van der Waals surface area (Å²) in [5, 5.41) is 4.39.